The van der Waals surface area contributed by atoms with Crippen LogP contribution in [0.15, 0.2) is 6.20 Å². The first-order chi connectivity index (χ1) is 5.94. The number of aromatic nitrogens is 2. The van der Waals surface area contributed by atoms with Crippen molar-refractivity contribution in [1.82, 2.24) is 9.78 Å². The van der Waals surface area contributed by atoms with Crippen molar-refractivity contribution in [3.05, 3.63) is 17.5 Å². The fourth-order valence-corrected chi connectivity index (χ4v) is 1.27. The van der Waals surface area contributed by atoms with Gasteiger partial charge in [0.15, 0.2) is 0 Å². The van der Waals surface area contributed by atoms with Gasteiger partial charge in [-0.15, -0.1) is 0 Å². The van der Waals surface area contributed by atoms with Gasteiger partial charge in [0.1, 0.15) is 0 Å². The van der Waals surface area contributed by atoms with Crippen LogP contribution in [0.3, 0.4) is 0 Å². The second-order valence-corrected chi connectivity index (χ2v) is 3.92. The summed E-state index contributed by atoms with van der Waals surface area (Å²) >= 11 is 0. The molecule has 0 saturated heterocycles. The Bertz CT molecular complexity index is 291. The Hall–Kier alpha value is -0.870. The Morgan fingerprint density at radius 3 is 2.69 bits per heavy atom. The van der Waals surface area contributed by atoms with Crippen molar-refractivity contribution >= 4 is 0 Å². The van der Waals surface area contributed by atoms with Crippen molar-refractivity contribution in [3.63, 3.8) is 0 Å². The van der Waals surface area contributed by atoms with E-state index in [1.807, 2.05) is 27.1 Å². The maximum atomic E-state index is 8.99. The maximum absolute atomic E-state index is 8.99. The second kappa shape index (κ2) is 3.47. The Labute approximate surface area is 78.4 Å². The number of aryl methyl sites for hydroxylation is 2. The molecule has 0 saturated carbocycles. The average molecular weight is 183 g/mol. The van der Waals surface area contributed by atoms with E-state index in [-0.39, 0.29) is 6.61 Å². The van der Waals surface area contributed by atoms with Crippen molar-refractivity contribution in [2.24, 2.45) is 12.8 Å². The number of nitrogens with two attached hydrogens (primary N) is 1. The summed E-state index contributed by atoms with van der Waals surface area (Å²) in [6.07, 6.45) is 2.55. The molecule has 0 aliphatic rings. The minimum atomic E-state index is -0.570. The molecule has 0 radical (unpaired) electrons. The van der Waals surface area contributed by atoms with E-state index in [1.165, 1.54) is 0 Å². The smallest absolute Gasteiger partial charge is 0.0672 e. The van der Waals surface area contributed by atoms with E-state index in [0.717, 1.165) is 11.3 Å². The minimum absolute atomic E-state index is 0.0248. The molecule has 0 amide bonds. The Kier molecular flexibility index (Phi) is 2.73. The van der Waals surface area contributed by atoms with Crippen LogP contribution in [0, 0.1) is 6.92 Å². The number of nitrogens with zero attached hydrogens (tertiary/aromatic N) is 2. The SMILES string of the molecule is Cc1cn(C)nc1CC(C)(N)CO. The molecule has 1 aromatic rings. The van der Waals surface area contributed by atoms with E-state index in [1.54, 1.807) is 4.68 Å². The predicted octanol–water partition coefficient (Wildman–Crippen LogP) is -0.0193. The standard InChI is InChI=1S/C9H17N3O/c1-7-5-12(3)11-8(7)4-9(2,10)6-13/h5,13H,4,6,10H2,1-3H3. The van der Waals surface area contributed by atoms with Gasteiger partial charge < -0.3 is 10.8 Å². The van der Waals surface area contributed by atoms with Gasteiger partial charge in [0.2, 0.25) is 0 Å². The van der Waals surface area contributed by atoms with Crippen LogP contribution in [0.25, 0.3) is 0 Å². The van der Waals surface area contributed by atoms with Gasteiger partial charge >= 0.3 is 0 Å². The lowest BCUT2D eigenvalue weighted by Gasteiger charge is -2.20. The summed E-state index contributed by atoms with van der Waals surface area (Å²) in [4.78, 5) is 0. The van der Waals surface area contributed by atoms with Crippen molar-refractivity contribution in [3.8, 4) is 0 Å². The number of hydrogen-bond donors (Lipinski definition) is 2. The molecule has 4 heteroatoms. The third-order valence-corrected chi connectivity index (χ3v) is 2.05. The molecule has 0 fully saturated rings. The first kappa shape index (κ1) is 10.2. The van der Waals surface area contributed by atoms with E-state index in [9.17, 15) is 0 Å². The average Bonchev–Trinajstić information content (AvgIpc) is 2.30. The van der Waals surface area contributed by atoms with Crippen LogP contribution in [-0.4, -0.2) is 27.0 Å². The normalized spacial score (nSPS) is 15.8. The van der Waals surface area contributed by atoms with E-state index in [0.29, 0.717) is 6.42 Å². The van der Waals surface area contributed by atoms with Crippen LogP contribution in [0.1, 0.15) is 18.2 Å². The van der Waals surface area contributed by atoms with E-state index < -0.39 is 5.54 Å². The van der Waals surface area contributed by atoms with Crippen LogP contribution in [0.5, 0.6) is 0 Å². The van der Waals surface area contributed by atoms with Crippen LogP contribution >= 0.6 is 0 Å². The quantitative estimate of drug-likeness (QED) is 0.692. The fraction of sp³-hybridized carbons (Fsp3) is 0.667. The first-order valence-corrected chi connectivity index (χ1v) is 4.33. The molecule has 0 aromatic carbocycles. The van der Waals surface area contributed by atoms with Crippen molar-refractivity contribution < 1.29 is 5.11 Å². The van der Waals surface area contributed by atoms with Gasteiger partial charge in [-0.05, 0) is 19.4 Å². The molecule has 4 nitrogen and oxygen atoms in total. The van der Waals surface area contributed by atoms with Gasteiger partial charge in [0, 0.05) is 25.2 Å². The molecule has 0 aliphatic carbocycles. The summed E-state index contributed by atoms with van der Waals surface area (Å²) in [6, 6.07) is 0. The largest absolute Gasteiger partial charge is 0.394 e. The molecule has 1 heterocycles. The van der Waals surface area contributed by atoms with Crippen LogP contribution in [-0.2, 0) is 13.5 Å². The molecule has 1 rings (SSSR count). The molecule has 1 aromatic heterocycles. The van der Waals surface area contributed by atoms with E-state index >= 15 is 0 Å². The van der Waals surface area contributed by atoms with E-state index in [2.05, 4.69) is 5.10 Å². The highest BCUT2D eigenvalue weighted by Crippen LogP contribution is 2.12. The van der Waals surface area contributed by atoms with Crippen molar-refractivity contribution in [2.75, 3.05) is 6.61 Å². The van der Waals surface area contributed by atoms with Crippen LogP contribution in [0.4, 0.5) is 0 Å². The van der Waals surface area contributed by atoms with Gasteiger partial charge in [-0.25, -0.2) is 0 Å². The summed E-state index contributed by atoms with van der Waals surface area (Å²) in [5, 5.41) is 13.3. The summed E-state index contributed by atoms with van der Waals surface area (Å²) in [5.41, 5.74) is 7.33. The van der Waals surface area contributed by atoms with Gasteiger partial charge in [0.05, 0.1) is 12.3 Å². The number of aliphatic hydroxyl groups excluding tert-OH is 1. The van der Waals surface area contributed by atoms with Gasteiger partial charge in [-0.1, -0.05) is 0 Å². The van der Waals surface area contributed by atoms with Crippen molar-refractivity contribution in [2.45, 2.75) is 25.8 Å². The monoisotopic (exact) mass is 183 g/mol. The highest BCUT2D eigenvalue weighted by molar-refractivity contribution is 5.17. The molecule has 13 heavy (non-hydrogen) atoms. The number of hydrogen-bond acceptors (Lipinski definition) is 3. The third kappa shape index (κ3) is 2.54. The zero-order valence-electron chi connectivity index (χ0n) is 8.41. The second-order valence-electron chi connectivity index (χ2n) is 3.92. The van der Waals surface area contributed by atoms with Crippen LogP contribution in [0.2, 0.25) is 0 Å². The number of rotatable bonds is 3. The molecule has 1 unspecified atom stereocenters. The maximum Gasteiger partial charge on any atom is 0.0672 e. The van der Waals surface area contributed by atoms with Crippen LogP contribution < -0.4 is 5.73 Å². The lowest BCUT2D eigenvalue weighted by atomic mass is 9.97. The predicted molar refractivity (Wildman–Crippen MR) is 51.3 cm³/mol. The summed E-state index contributed by atoms with van der Waals surface area (Å²) < 4.78 is 1.76. The van der Waals surface area contributed by atoms with Gasteiger partial charge in [-0.2, -0.15) is 5.10 Å². The zero-order valence-corrected chi connectivity index (χ0v) is 8.41. The highest BCUT2D eigenvalue weighted by atomic mass is 16.3. The molecule has 0 bridgehead atoms. The van der Waals surface area contributed by atoms with Gasteiger partial charge in [-0.3, -0.25) is 4.68 Å². The Morgan fingerprint density at radius 1 is 1.69 bits per heavy atom. The summed E-state index contributed by atoms with van der Waals surface area (Å²) in [7, 11) is 1.88. The molecule has 3 N–H and O–H groups in total. The first-order valence-electron chi connectivity index (χ1n) is 4.33. The summed E-state index contributed by atoms with van der Waals surface area (Å²) in [6.45, 7) is 3.79. The Balaban J connectivity index is 2.79. The topological polar surface area (TPSA) is 64.1 Å². The molecule has 0 aliphatic heterocycles. The van der Waals surface area contributed by atoms with Gasteiger partial charge in [0.25, 0.3) is 0 Å². The lowest BCUT2D eigenvalue weighted by molar-refractivity contribution is 0.207. The van der Waals surface area contributed by atoms with Crippen molar-refractivity contribution in [1.29, 1.82) is 0 Å². The fourth-order valence-electron chi connectivity index (χ4n) is 1.27. The molecule has 1 atom stereocenters. The zero-order chi connectivity index (χ0) is 10.1. The van der Waals surface area contributed by atoms with E-state index in [4.69, 9.17) is 10.8 Å². The highest BCUT2D eigenvalue weighted by Gasteiger charge is 2.20. The third-order valence-electron chi connectivity index (χ3n) is 2.05. The summed E-state index contributed by atoms with van der Waals surface area (Å²) in [5.74, 6) is 0. The Morgan fingerprint density at radius 2 is 2.31 bits per heavy atom. The minimum Gasteiger partial charge on any atom is -0.394 e. The lowest BCUT2D eigenvalue weighted by Crippen LogP contribution is -2.42. The molecule has 74 valence electrons. The molecule has 0 spiro atoms. The number of aliphatic hydroxyl groups is 1. The molecular weight excluding hydrogens is 166 g/mol. The molecular formula is C9H17N3O.